The molecule has 1 amide bonds. The number of benzene rings is 2. The Hall–Kier alpha value is -2.47. The highest BCUT2D eigenvalue weighted by Crippen LogP contribution is 2.29. The maximum Gasteiger partial charge on any atom is 0.243 e. The van der Waals surface area contributed by atoms with Crippen molar-refractivity contribution in [3.8, 4) is 5.75 Å². The average molecular weight is 524 g/mol. The van der Waals surface area contributed by atoms with Gasteiger partial charge in [0.15, 0.2) is 0 Å². The van der Waals surface area contributed by atoms with Crippen LogP contribution in [0.3, 0.4) is 0 Å². The lowest BCUT2D eigenvalue weighted by Crippen LogP contribution is -2.41. The Morgan fingerprint density at radius 3 is 2.20 bits per heavy atom. The molecule has 0 unspecified atom stereocenters. The van der Waals surface area contributed by atoms with Gasteiger partial charge >= 0.3 is 0 Å². The Bertz CT molecular complexity index is 1300. The van der Waals surface area contributed by atoms with Gasteiger partial charge < -0.3 is 10.1 Å². The van der Waals surface area contributed by atoms with Gasteiger partial charge in [-0.3, -0.25) is 4.79 Å². The number of carbonyl (C=O) groups is 1. The number of ether oxygens (including phenoxy) is 1. The molecule has 0 aromatic heterocycles. The van der Waals surface area contributed by atoms with Crippen LogP contribution in [-0.4, -0.2) is 65.1 Å². The number of nitrogens with one attached hydrogen (secondary N) is 1. The van der Waals surface area contributed by atoms with Crippen LogP contribution >= 0.6 is 0 Å². The van der Waals surface area contributed by atoms with Gasteiger partial charge in [-0.1, -0.05) is 6.07 Å². The van der Waals surface area contributed by atoms with E-state index in [1.807, 2.05) is 6.92 Å². The van der Waals surface area contributed by atoms with E-state index in [-0.39, 0.29) is 34.7 Å². The van der Waals surface area contributed by atoms with Crippen molar-refractivity contribution in [1.29, 1.82) is 0 Å². The predicted octanol–water partition coefficient (Wildman–Crippen LogP) is 2.99. The first kappa shape index (κ1) is 27.1. The van der Waals surface area contributed by atoms with Gasteiger partial charge in [-0.25, -0.2) is 21.1 Å². The molecule has 1 fully saturated rings. The summed E-state index contributed by atoms with van der Waals surface area (Å²) < 4.78 is 59.2. The summed E-state index contributed by atoms with van der Waals surface area (Å²) in [7, 11) is -4.42. The van der Waals surface area contributed by atoms with Crippen LogP contribution in [0.15, 0.2) is 46.2 Å². The Labute approximate surface area is 208 Å². The zero-order valence-corrected chi connectivity index (χ0v) is 22.4. The number of hydrogen-bond donors (Lipinski definition) is 1. The highest BCUT2D eigenvalue weighted by atomic mass is 32.2. The first-order valence-corrected chi connectivity index (χ1v) is 14.3. The fourth-order valence-electron chi connectivity index (χ4n) is 3.95. The molecule has 2 aromatic rings. The van der Waals surface area contributed by atoms with E-state index in [9.17, 15) is 21.6 Å². The molecule has 0 atom stereocenters. The summed E-state index contributed by atoms with van der Waals surface area (Å²) >= 11 is 0. The molecule has 11 heteroatoms. The Balaban J connectivity index is 1.68. The van der Waals surface area contributed by atoms with Crippen molar-refractivity contribution in [3.63, 3.8) is 0 Å². The summed E-state index contributed by atoms with van der Waals surface area (Å²) in [6.07, 6.45) is 0.742. The lowest BCUT2D eigenvalue weighted by Gasteiger charge is -2.30. The highest BCUT2D eigenvalue weighted by Gasteiger charge is 2.32. The maximum absolute atomic E-state index is 13.1. The molecule has 1 heterocycles. The smallest absolute Gasteiger partial charge is 0.243 e. The van der Waals surface area contributed by atoms with Crippen LogP contribution < -0.4 is 10.1 Å². The number of anilines is 1. The van der Waals surface area contributed by atoms with E-state index in [1.165, 1.54) is 30.5 Å². The second-order valence-corrected chi connectivity index (χ2v) is 12.9. The number of hydrogen-bond acceptors (Lipinski definition) is 6. The third-order valence-electron chi connectivity index (χ3n) is 6.15. The van der Waals surface area contributed by atoms with E-state index in [4.69, 9.17) is 4.74 Å². The summed E-state index contributed by atoms with van der Waals surface area (Å²) in [5.74, 6) is 0.0260. The van der Waals surface area contributed by atoms with Gasteiger partial charge in [-0.2, -0.15) is 4.31 Å². The topological polar surface area (TPSA) is 113 Å². The molecule has 35 heavy (non-hydrogen) atoms. The SMILES string of the molecule is CCOc1ccc(S(=O)(=O)N2CCC(C(=O)Nc3cc(S(=O)(=O)N(C)C)ccc3C)CC2)cc1C. The van der Waals surface area contributed by atoms with E-state index >= 15 is 0 Å². The Morgan fingerprint density at radius 1 is 1.00 bits per heavy atom. The monoisotopic (exact) mass is 523 g/mol. The molecule has 2 aromatic carbocycles. The number of carbonyl (C=O) groups excluding carboxylic acids is 1. The van der Waals surface area contributed by atoms with E-state index in [2.05, 4.69) is 5.32 Å². The van der Waals surface area contributed by atoms with Crippen LogP contribution in [0.4, 0.5) is 5.69 Å². The molecular formula is C24H33N3O6S2. The van der Waals surface area contributed by atoms with E-state index < -0.39 is 20.0 Å². The molecule has 0 spiro atoms. The number of rotatable bonds is 8. The minimum atomic E-state index is -3.69. The van der Waals surface area contributed by atoms with Crippen molar-refractivity contribution in [1.82, 2.24) is 8.61 Å². The van der Waals surface area contributed by atoms with E-state index in [0.717, 1.165) is 15.4 Å². The van der Waals surface area contributed by atoms with Crippen LogP contribution in [-0.2, 0) is 24.8 Å². The van der Waals surface area contributed by atoms with E-state index in [0.29, 0.717) is 30.9 Å². The molecular weight excluding hydrogens is 490 g/mol. The van der Waals surface area contributed by atoms with Gasteiger partial charge in [0.05, 0.1) is 16.4 Å². The maximum atomic E-state index is 13.1. The summed E-state index contributed by atoms with van der Waals surface area (Å²) in [6, 6.07) is 9.43. The molecule has 1 saturated heterocycles. The van der Waals surface area contributed by atoms with Crippen LogP contribution in [0.1, 0.15) is 30.9 Å². The van der Waals surface area contributed by atoms with Gasteiger partial charge in [-0.05, 0) is 75.1 Å². The number of amides is 1. The third kappa shape index (κ3) is 5.85. The van der Waals surface area contributed by atoms with Crippen LogP contribution in [0, 0.1) is 19.8 Å². The fraction of sp³-hybridized carbons (Fsp3) is 0.458. The molecule has 0 bridgehead atoms. The van der Waals surface area contributed by atoms with E-state index in [1.54, 1.807) is 38.1 Å². The van der Waals surface area contributed by atoms with Crippen molar-refractivity contribution < 1.29 is 26.4 Å². The molecule has 192 valence electrons. The summed E-state index contributed by atoms with van der Waals surface area (Å²) in [5.41, 5.74) is 1.91. The quantitative estimate of drug-likeness (QED) is 0.569. The average Bonchev–Trinajstić information content (AvgIpc) is 2.81. The van der Waals surface area contributed by atoms with Crippen molar-refractivity contribution in [2.45, 2.75) is 43.4 Å². The first-order chi connectivity index (χ1) is 16.4. The van der Waals surface area contributed by atoms with Crippen molar-refractivity contribution >= 4 is 31.6 Å². The number of aryl methyl sites for hydroxylation is 2. The number of piperidine rings is 1. The molecule has 9 nitrogen and oxygen atoms in total. The normalized spacial score (nSPS) is 15.8. The molecule has 0 saturated carbocycles. The predicted molar refractivity (Wildman–Crippen MR) is 135 cm³/mol. The lowest BCUT2D eigenvalue weighted by molar-refractivity contribution is -0.120. The van der Waals surface area contributed by atoms with Crippen molar-refractivity contribution in [3.05, 3.63) is 47.5 Å². The second kappa shape index (κ2) is 10.7. The fourth-order valence-corrected chi connectivity index (χ4v) is 6.43. The lowest BCUT2D eigenvalue weighted by atomic mass is 9.97. The summed E-state index contributed by atoms with van der Waals surface area (Å²) in [5, 5.41) is 2.84. The molecule has 1 N–H and O–H groups in total. The zero-order valence-electron chi connectivity index (χ0n) is 20.7. The number of sulfonamides is 2. The molecule has 3 rings (SSSR count). The van der Waals surface area contributed by atoms with Gasteiger partial charge in [0.1, 0.15) is 5.75 Å². The minimum Gasteiger partial charge on any atom is -0.494 e. The van der Waals surface area contributed by atoms with Gasteiger partial charge in [-0.15, -0.1) is 0 Å². The third-order valence-corrected chi connectivity index (χ3v) is 9.86. The van der Waals surface area contributed by atoms with Gasteiger partial charge in [0, 0.05) is 38.8 Å². The molecule has 1 aliphatic rings. The number of nitrogens with zero attached hydrogens (tertiary/aromatic N) is 2. The van der Waals surface area contributed by atoms with Gasteiger partial charge in [0.25, 0.3) is 0 Å². The molecule has 1 aliphatic heterocycles. The van der Waals surface area contributed by atoms with Crippen molar-refractivity contribution in [2.24, 2.45) is 5.92 Å². The van der Waals surface area contributed by atoms with Crippen LogP contribution in [0.25, 0.3) is 0 Å². The largest absolute Gasteiger partial charge is 0.494 e. The van der Waals surface area contributed by atoms with Crippen LogP contribution in [0.2, 0.25) is 0 Å². The molecule has 0 aliphatic carbocycles. The standard InChI is InChI=1S/C24H33N3O6S2/c1-6-33-23-10-9-20(15-18(23)3)35(31,32)27-13-11-19(12-14-27)24(28)25-22-16-21(8-7-17(22)2)34(29,30)26(4)5/h7-10,15-16,19H,6,11-14H2,1-5H3,(H,25,28). The Kier molecular flexibility index (Phi) is 8.25. The molecule has 0 radical (unpaired) electrons. The first-order valence-electron chi connectivity index (χ1n) is 11.5. The van der Waals surface area contributed by atoms with Crippen LogP contribution in [0.5, 0.6) is 5.75 Å². The second-order valence-electron chi connectivity index (χ2n) is 8.79. The van der Waals surface area contributed by atoms with Gasteiger partial charge in [0.2, 0.25) is 26.0 Å². The summed E-state index contributed by atoms with van der Waals surface area (Å²) in [4.78, 5) is 13.2. The van der Waals surface area contributed by atoms with Crippen molar-refractivity contribution in [2.75, 3.05) is 39.1 Å². The Morgan fingerprint density at radius 2 is 1.63 bits per heavy atom. The summed E-state index contributed by atoms with van der Waals surface area (Å²) in [6.45, 7) is 6.41. The highest BCUT2D eigenvalue weighted by molar-refractivity contribution is 7.89. The zero-order chi connectivity index (χ0) is 26.0. The minimum absolute atomic E-state index is 0.0926.